The standard InChI is InChI=1S/C10H11NO/c1-2-12-10-4-9-6-11-5-8(9)3-7(1)10/h3-4,11H,1-2,5-6H2. The smallest absolute Gasteiger partial charge is 0.122 e. The van der Waals surface area contributed by atoms with E-state index in [4.69, 9.17) is 4.74 Å². The molecule has 1 N–H and O–H groups in total. The summed E-state index contributed by atoms with van der Waals surface area (Å²) < 4.78 is 5.50. The molecule has 0 saturated heterocycles. The Morgan fingerprint density at radius 3 is 2.83 bits per heavy atom. The number of hydrogen-bond acceptors (Lipinski definition) is 2. The van der Waals surface area contributed by atoms with Crippen molar-refractivity contribution in [3.8, 4) is 5.75 Å². The topological polar surface area (TPSA) is 21.3 Å². The summed E-state index contributed by atoms with van der Waals surface area (Å²) in [5, 5.41) is 3.33. The average Bonchev–Trinajstić information content (AvgIpc) is 2.64. The van der Waals surface area contributed by atoms with Gasteiger partial charge in [-0.2, -0.15) is 0 Å². The zero-order chi connectivity index (χ0) is 7.97. The molecule has 0 aliphatic carbocycles. The Labute approximate surface area is 71.5 Å². The number of ether oxygens (including phenoxy) is 1. The van der Waals surface area contributed by atoms with Gasteiger partial charge in [0.2, 0.25) is 0 Å². The molecule has 12 heavy (non-hydrogen) atoms. The Morgan fingerprint density at radius 2 is 1.92 bits per heavy atom. The van der Waals surface area contributed by atoms with Gasteiger partial charge >= 0.3 is 0 Å². The highest BCUT2D eigenvalue weighted by molar-refractivity contribution is 5.46. The summed E-state index contributed by atoms with van der Waals surface area (Å²) in [7, 11) is 0. The van der Waals surface area contributed by atoms with Gasteiger partial charge in [0, 0.05) is 19.5 Å². The number of hydrogen-bond donors (Lipinski definition) is 1. The van der Waals surface area contributed by atoms with Crippen molar-refractivity contribution in [2.24, 2.45) is 0 Å². The first kappa shape index (κ1) is 6.49. The zero-order valence-corrected chi connectivity index (χ0v) is 6.89. The van der Waals surface area contributed by atoms with Crippen molar-refractivity contribution in [2.75, 3.05) is 6.61 Å². The maximum absolute atomic E-state index is 5.50. The highest BCUT2D eigenvalue weighted by Gasteiger charge is 2.17. The zero-order valence-electron chi connectivity index (χ0n) is 6.89. The molecule has 0 fully saturated rings. The van der Waals surface area contributed by atoms with Gasteiger partial charge in [-0.25, -0.2) is 0 Å². The lowest BCUT2D eigenvalue weighted by atomic mass is 10.0. The number of nitrogens with one attached hydrogen (secondary N) is 1. The summed E-state index contributed by atoms with van der Waals surface area (Å²) in [5.41, 5.74) is 4.26. The quantitative estimate of drug-likeness (QED) is 0.617. The fourth-order valence-electron chi connectivity index (χ4n) is 1.98. The van der Waals surface area contributed by atoms with E-state index in [-0.39, 0.29) is 0 Å². The summed E-state index contributed by atoms with van der Waals surface area (Å²) in [6.45, 7) is 2.90. The van der Waals surface area contributed by atoms with Crippen molar-refractivity contribution in [3.63, 3.8) is 0 Å². The molecule has 1 aromatic rings. The lowest BCUT2D eigenvalue weighted by molar-refractivity contribution is 0.356. The van der Waals surface area contributed by atoms with Gasteiger partial charge in [-0.05, 0) is 22.8 Å². The van der Waals surface area contributed by atoms with Crippen molar-refractivity contribution in [3.05, 3.63) is 28.8 Å². The third kappa shape index (κ3) is 0.786. The van der Waals surface area contributed by atoms with Gasteiger partial charge in [0.05, 0.1) is 6.61 Å². The minimum Gasteiger partial charge on any atom is -0.493 e. The van der Waals surface area contributed by atoms with Gasteiger partial charge in [0.1, 0.15) is 5.75 Å². The molecule has 0 radical (unpaired) electrons. The molecular weight excluding hydrogens is 150 g/mol. The van der Waals surface area contributed by atoms with E-state index in [9.17, 15) is 0 Å². The van der Waals surface area contributed by atoms with Gasteiger partial charge < -0.3 is 10.1 Å². The van der Waals surface area contributed by atoms with Crippen LogP contribution in [0.4, 0.5) is 0 Å². The molecule has 1 aromatic carbocycles. The lowest BCUT2D eigenvalue weighted by Crippen LogP contribution is -2.00. The van der Waals surface area contributed by atoms with Crippen molar-refractivity contribution in [2.45, 2.75) is 19.5 Å². The molecule has 2 aliphatic rings. The molecule has 0 amide bonds. The largest absolute Gasteiger partial charge is 0.493 e. The third-order valence-electron chi connectivity index (χ3n) is 2.64. The van der Waals surface area contributed by atoms with E-state index in [1.165, 1.54) is 16.7 Å². The van der Waals surface area contributed by atoms with Gasteiger partial charge in [-0.15, -0.1) is 0 Å². The SMILES string of the molecule is c1c2c(cc3c1CCO3)CNC2. The van der Waals surface area contributed by atoms with E-state index >= 15 is 0 Å². The van der Waals surface area contributed by atoms with Crippen LogP contribution < -0.4 is 10.1 Å². The van der Waals surface area contributed by atoms with Crippen molar-refractivity contribution < 1.29 is 4.74 Å². The van der Waals surface area contributed by atoms with Crippen LogP contribution in [0.25, 0.3) is 0 Å². The number of benzene rings is 1. The Balaban J connectivity index is 2.18. The Bertz CT molecular complexity index is 273. The molecule has 0 spiro atoms. The normalized spacial score (nSPS) is 18.7. The highest BCUT2D eigenvalue weighted by Crippen LogP contribution is 2.30. The number of fused-ring (bicyclic) bond motifs is 2. The minimum atomic E-state index is 0.867. The van der Waals surface area contributed by atoms with Crippen LogP contribution in [0.1, 0.15) is 16.7 Å². The summed E-state index contributed by atoms with van der Waals surface area (Å²) in [6, 6.07) is 4.48. The number of rotatable bonds is 0. The van der Waals surface area contributed by atoms with E-state index < -0.39 is 0 Å². The summed E-state index contributed by atoms with van der Waals surface area (Å²) in [6.07, 6.45) is 1.09. The molecule has 0 bridgehead atoms. The summed E-state index contributed by atoms with van der Waals surface area (Å²) in [5.74, 6) is 1.11. The molecule has 62 valence electrons. The van der Waals surface area contributed by atoms with E-state index in [0.29, 0.717) is 0 Å². The molecular formula is C10H11NO. The average molecular weight is 161 g/mol. The second-order valence-electron chi connectivity index (χ2n) is 3.43. The van der Waals surface area contributed by atoms with Gasteiger partial charge in [-0.1, -0.05) is 6.07 Å². The van der Waals surface area contributed by atoms with Crippen LogP contribution in [-0.2, 0) is 19.5 Å². The van der Waals surface area contributed by atoms with E-state index in [1.807, 2.05) is 0 Å². The molecule has 2 heteroatoms. The van der Waals surface area contributed by atoms with Crippen LogP contribution in [0.3, 0.4) is 0 Å². The van der Waals surface area contributed by atoms with E-state index in [0.717, 1.165) is 31.9 Å². The first-order valence-corrected chi connectivity index (χ1v) is 4.42. The Hall–Kier alpha value is -1.02. The molecule has 2 nitrogen and oxygen atoms in total. The van der Waals surface area contributed by atoms with E-state index in [1.54, 1.807) is 0 Å². The molecule has 0 saturated carbocycles. The van der Waals surface area contributed by atoms with Gasteiger partial charge in [0.25, 0.3) is 0 Å². The molecule has 0 unspecified atom stereocenters. The fraction of sp³-hybridized carbons (Fsp3) is 0.400. The first-order chi connectivity index (χ1) is 5.93. The predicted molar refractivity (Wildman–Crippen MR) is 46.2 cm³/mol. The van der Waals surface area contributed by atoms with Crippen molar-refractivity contribution in [1.29, 1.82) is 0 Å². The van der Waals surface area contributed by atoms with Gasteiger partial charge in [0.15, 0.2) is 0 Å². The van der Waals surface area contributed by atoms with Crippen LogP contribution >= 0.6 is 0 Å². The lowest BCUT2D eigenvalue weighted by Gasteiger charge is -2.02. The second kappa shape index (κ2) is 2.23. The third-order valence-corrected chi connectivity index (χ3v) is 2.64. The fourth-order valence-corrected chi connectivity index (χ4v) is 1.98. The molecule has 3 rings (SSSR count). The molecule has 0 atom stereocenters. The maximum Gasteiger partial charge on any atom is 0.122 e. The highest BCUT2D eigenvalue weighted by atomic mass is 16.5. The Morgan fingerprint density at radius 1 is 1.08 bits per heavy atom. The van der Waals surface area contributed by atoms with Crippen LogP contribution in [-0.4, -0.2) is 6.61 Å². The first-order valence-electron chi connectivity index (χ1n) is 4.42. The minimum absolute atomic E-state index is 0.867. The van der Waals surface area contributed by atoms with Crippen molar-refractivity contribution in [1.82, 2.24) is 5.32 Å². The summed E-state index contributed by atoms with van der Waals surface area (Å²) >= 11 is 0. The Kier molecular flexibility index (Phi) is 1.21. The second-order valence-corrected chi connectivity index (χ2v) is 3.43. The molecule has 2 heterocycles. The van der Waals surface area contributed by atoms with Crippen molar-refractivity contribution >= 4 is 0 Å². The molecule has 0 aromatic heterocycles. The molecule has 2 aliphatic heterocycles. The predicted octanol–water partition coefficient (Wildman–Crippen LogP) is 1.22. The van der Waals surface area contributed by atoms with E-state index in [2.05, 4.69) is 17.4 Å². The van der Waals surface area contributed by atoms with Gasteiger partial charge in [-0.3, -0.25) is 0 Å². The van der Waals surface area contributed by atoms with Crippen LogP contribution in [0.5, 0.6) is 5.75 Å². The van der Waals surface area contributed by atoms with Crippen LogP contribution in [0.2, 0.25) is 0 Å². The monoisotopic (exact) mass is 161 g/mol. The summed E-state index contributed by atoms with van der Waals surface area (Å²) in [4.78, 5) is 0. The van der Waals surface area contributed by atoms with Crippen LogP contribution in [0.15, 0.2) is 12.1 Å². The maximum atomic E-state index is 5.50. The van der Waals surface area contributed by atoms with Crippen LogP contribution in [0, 0.1) is 0 Å².